The molecule has 0 saturated heterocycles. The number of aromatic nitrogens is 2. The fraction of sp³-hybridized carbons (Fsp3) is 0.160. The lowest BCUT2D eigenvalue weighted by Gasteiger charge is -2.13. The summed E-state index contributed by atoms with van der Waals surface area (Å²) in [5, 5.41) is 12.0. The summed E-state index contributed by atoms with van der Waals surface area (Å²) in [6.45, 7) is -0.250. The molecule has 2 N–H and O–H groups in total. The predicted molar refractivity (Wildman–Crippen MR) is 133 cm³/mol. The van der Waals surface area contributed by atoms with Gasteiger partial charge in [0.1, 0.15) is 23.7 Å². The topological polar surface area (TPSA) is 105 Å². The maximum absolute atomic E-state index is 12.0. The quantitative estimate of drug-likeness (QED) is 0.379. The molecule has 0 aliphatic carbocycles. The fourth-order valence-electron chi connectivity index (χ4n) is 3.58. The Hall–Kier alpha value is -4.24. The Morgan fingerprint density at radius 1 is 1.06 bits per heavy atom. The first-order valence-corrected chi connectivity index (χ1v) is 10.9. The number of pyridine rings is 1. The summed E-state index contributed by atoms with van der Waals surface area (Å²) >= 11 is 6.33. The first-order chi connectivity index (χ1) is 16.8. The van der Waals surface area contributed by atoms with Crippen LogP contribution in [0.5, 0.6) is 11.5 Å². The molecule has 35 heavy (non-hydrogen) atoms. The van der Waals surface area contributed by atoms with Crippen molar-refractivity contribution in [3.63, 3.8) is 0 Å². The second-order valence-electron chi connectivity index (χ2n) is 7.76. The highest BCUT2D eigenvalue weighted by atomic mass is 35.5. The van der Waals surface area contributed by atoms with Gasteiger partial charge >= 0.3 is 6.09 Å². The number of carbonyl (C=O) groups is 2. The van der Waals surface area contributed by atoms with E-state index in [-0.39, 0.29) is 6.54 Å². The second kappa shape index (κ2) is 9.94. The number of hydrogen-bond donors (Lipinski definition) is 2. The highest BCUT2D eigenvalue weighted by Gasteiger charge is 2.15. The molecule has 0 radical (unpaired) electrons. The molecule has 0 aliphatic heterocycles. The molecule has 0 saturated carbocycles. The number of anilines is 1. The van der Waals surface area contributed by atoms with Crippen molar-refractivity contribution in [1.29, 1.82) is 0 Å². The Labute approximate surface area is 206 Å². The molecule has 0 fully saturated rings. The standard InChI is InChI=1S/C25H23ClN4O5/c1-29(25(32)33)14-24(31)27-17-6-4-15(5-7-17)16-8-9-30-13-20(28-23(30)10-16)18-11-19(26)22(35-3)12-21(18)34-2/h4-13H,14H2,1-3H3,(H,27,31)(H,32,33). The molecule has 9 nitrogen and oxygen atoms in total. The van der Waals surface area contributed by atoms with E-state index in [1.165, 1.54) is 7.05 Å². The number of carboxylic acid groups (broad SMARTS) is 1. The normalized spacial score (nSPS) is 10.7. The van der Waals surface area contributed by atoms with E-state index >= 15 is 0 Å². The number of likely N-dealkylation sites (N-methyl/N-ethyl adjacent to an activating group) is 1. The number of ether oxygens (including phenoxy) is 2. The summed E-state index contributed by atoms with van der Waals surface area (Å²) in [7, 11) is 4.46. The molecule has 4 rings (SSSR count). The number of imidazole rings is 1. The Balaban J connectivity index is 1.57. The minimum Gasteiger partial charge on any atom is -0.496 e. The third-order valence-electron chi connectivity index (χ3n) is 5.42. The summed E-state index contributed by atoms with van der Waals surface area (Å²) in [5.41, 5.74) is 4.64. The van der Waals surface area contributed by atoms with Crippen LogP contribution in [0.1, 0.15) is 0 Å². The molecule has 180 valence electrons. The highest BCUT2D eigenvalue weighted by Crippen LogP contribution is 2.38. The summed E-state index contributed by atoms with van der Waals surface area (Å²) in [6.07, 6.45) is 2.64. The van der Waals surface area contributed by atoms with E-state index in [1.807, 2.05) is 41.1 Å². The smallest absolute Gasteiger partial charge is 0.407 e. The van der Waals surface area contributed by atoms with Gasteiger partial charge in [-0.25, -0.2) is 9.78 Å². The first-order valence-electron chi connectivity index (χ1n) is 10.5. The minimum absolute atomic E-state index is 0.250. The third-order valence-corrected chi connectivity index (χ3v) is 5.71. The van der Waals surface area contributed by atoms with Crippen LogP contribution >= 0.6 is 11.6 Å². The van der Waals surface area contributed by atoms with Gasteiger partial charge in [0.25, 0.3) is 0 Å². The van der Waals surface area contributed by atoms with Crippen LogP contribution in [0.15, 0.2) is 60.9 Å². The summed E-state index contributed by atoms with van der Waals surface area (Å²) in [4.78, 5) is 28.5. The van der Waals surface area contributed by atoms with Crippen LogP contribution in [0, 0.1) is 0 Å². The van der Waals surface area contributed by atoms with Gasteiger partial charge < -0.3 is 29.2 Å². The molecule has 0 atom stereocenters. The van der Waals surface area contributed by atoms with Crippen LogP contribution in [0.2, 0.25) is 5.02 Å². The van der Waals surface area contributed by atoms with Crippen molar-refractivity contribution >= 4 is 34.9 Å². The Morgan fingerprint density at radius 2 is 1.77 bits per heavy atom. The molecular formula is C25H23ClN4O5. The largest absolute Gasteiger partial charge is 0.496 e. The van der Waals surface area contributed by atoms with Gasteiger partial charge in [-0.15, -0.1) is 0 Å². The lowest BCUT2D eigenvalue weighted by Crippen LogP contribution is -2.33. The molecule has 2 aromatic heterocycles. The van der Waals surface area contributed by atoms with Crippen LogP contribution in [-0.4, -0.2) is 59.2 Å². The number of methoxy groups -OCH3 is 2. The highest BCUT2D eigenvalue weighted by molar-refractivity contribution is 6.32. The predicted octanol–water partition coefficient (Wildman–Crippen LogP) is 4.89. The number of nitrogens with zero attached hydrogens (tertiary/aromatic N) is 3. The van der Waals surface area contributed by atoms with E-state index in [4.69, 9.17) is 31.2 Å². The van der Waals surface area contributed by atoms with E-state index in [2.05, 4.69) is 5.32 Å². The third kappa shape index (κ3) is 5.15. The monoisotopic (exact) mass is 494 g/mol. The summed E-state index contributed by atoms with van der Waals surface area (Å²) < 4.78 is 12.7. The molecule has 2 amide bonds. The van der Waals surface area contributed by atoms with E-state index in [0.29, 0.717) is 27.9 Å². The van der Waals surface area contributed by atoms with Gasteiger partial charge in [0.15, 0.2) is 0 Å². The molecular weight excluding hydrogens is 472 g/mol. The van der Waals surface area contributed by atoms with Crippen molar-refractivity contribution in [3.8, 4) is 33.9 Å². The van der Waals surface area contributed by atoms with Crippen molar-refractivity contribution < 1.29 is 24.2 Å². The minimum atomic E-state index is -1.17. The van der Waals surface area contributed by atoms with Crippen molar-refractivity contribution in [2.75, 3.05) is 33.1 Å². The SMILES string of the molecule is COc1cc(OC)c(-c2cn3ccc(-c4ccc(NC(=O)CN(C)C(=O)O)cc4)cc3n2)cc1Cl. The van der Waals surface area contributed by atoms with E-state index in [0.717, 1.165) is 27.2 Å². The van der Waals surface area contributed by atoms with E-state index < -0.39 is 12.0 Å². The summed E-state index contributed by atoms with van der Waals surface area (Å²) in [6, 6.07) is 14.7. The van der Waals surface area contributed by atoms with Crippen LogP contribution in [0.3, 0.4) is 0 Å². The van der Waals surface area contributed by atoms with Crippen molar-refractivity contribution in [3.05, 3.63) is 65.9 Å². The molecule has 2 heterocycles. The van der Waals surface area contributed by atoms with Crippen LogP contribution in [0.25, 0.3) is 28.0 Å². The lowest BCUT2D eigenvalue weighted by molar-refractivity contribution is -0.116. The number of amides is 2. The number of fused-ring (bicyclic) bond motifs is 1. The molecule has 0 spiro atoms. The zero-order chi connectivity index (χ0) is 25.1. The van der Waals surface area contributed by atoms with Gasteiger partial charge in [-0.05, 0) is 41.5 Å². The lowest BCUT2D eigenvalue weighted by atomic mass is 10.1. The van der Waals surface area contributed by atoms with E-state index in [1.54, 1.807) is 38.5 Å². The van der Waals surface area contributed by atoms with E-state index in [9.17, 15) is 9.59 Å². The molecule has 10 heteroatoms. The molecule has 4 aromatic rings. The average Bonchev–Trinajstić information content (AvgIpc) is 3.27. The van der Waals surface area contributed by atoms with Gasteiger partial charge in [0.2, 0.25) is 5.91 Å². The maximum Gasteiger partial charge on any atom is 0.407 e. The van der Waals surface area contributed by atoms with Gasteiger partial charge in [-0.3, -0.25) is 4.79 Å². The fourth-order valence-corrected chi connectivity index (χ4v) is 3.82. The Bertz CT molecular complexity index is 1400. The zero-order valence-electron chi connectivity index (χ0n) is 19.3. The van der Waals surface area contributed by atoms with Crippen LogP contribution in [0.4, 0.5) is 10.5 Å². The molecule has 0 aliphatic rings. The number of nitrogens with one attached hydrogen (secondary N) is 1. The number of rotatable bonds is 7. The average molecular weight is 495 g/mol. The van der Waals surface area contributed by atoms with Crippen molar-refractivity contribution in [2.24, 2.45) is 0 Å². The number of benzene rings is 2. The van der Waals surface area contributed by atoms with Crippen LogP contribution in [-0.2, 0) is 4.79 Å². The van der Waals surface area contributed by atoms with Gasteiger partial charge in [-0.1, -0.05) is 23.7 Å². The van der Waals surface area contributed by atoms with Gasteiger partial charge in [0.05, 0.1) is 24.9 Å². The summed E-state index contributed by atoms with van der Waals surface area (Å²) in [5.74, 6) is 0.706. The molecule has 0 unspecified atom stereocenters. The first kappa shape index (κ1) is 23.9. The number of hydrogen-bond acceptors (Lipinski definition) is 5. The van der Waals surface area contributed by atoms with Crippen LogP contribution < -0.4 is 14.8 Å². The zero-order valence-corrected chi connectivity index (χ0v) is 20.0. The maximum atomic E-state index is 12.0. The molecule has 0 bridgehead atoms. The molecule has 2 aromatic carbocycles. The van der Waals surface area contributed by atoms with Gasteiger partial charge in [0, 0.05) is 36.8 Å². The number of carbonyl (C=O) groups excluding carboxylic acids is 1. The second-order valence-corrected chi connectivity index (χ2v) is 8.17. The Kier molecular flexibility index (Phi) is 6.79. The van der Waals surface area contributed by atoms with Gasteiger partial charge in [-0.2, -0.15) is 0 Å². The Morgan fingerprint density at radius 3 is 2.43 bits per heavy atom. The van der Waals surface area contributed by atoms with Crippen molar-refractivity contribution in [1.82, 2.24) is 14.3 Å². The number of halogens is 1. The van der Waals surface area contributed by atoms with Crippen molar-refractivity contribution in [2.45, 2.75) is 0 Å².